The molecule has 0 aromatic heterocycles. The highest BCUT2D eigenvalue weighted by molar-refractivity contribution is 6.34. The van der Waals surface area contributed by atoms with Crippen molar-refractivity contribution in [3.8, 4) is 5.75 Å². The number of methoxy groups -OCH3 is 1. The van der Waals surface area contributed by atoms with Crippen LogP contribution < -0.4 is 4.74 Å². The molecule has 3 rings (SSSR count). The van der Waals surface area contributed by atoms with Gasteiger partial charge in [-0.25, -0.2) is 4.79 Å². The lowest BCUT2D eigenvalue weighted by Gasteiger charge is -2.35. The average molecular weight is 261 g/mol. The number of rotatable bonds is 1. The first-order valence-corrected chi connectivity index (χ1v) is 6.23. The van der Waals surface area contributed by atoms with Gasteiger partial charge in [0.05, 0.1) is 7.11 Å². The van der Waals surface area contributed by atoms with Crippen molar-refractivity contribution in [1.82, 2.24) is 4.90 Å². The summed E-state index contributed by atoms with van der Waals surface area (Å²) in [7, 11) is 1.63. The molecule has 1 aromatic carbocycles. The SMILES string of the molecule is COc1cc2c(cc1C)[C@@H]1OC(=O)C(=O)N1[C@@H](C)C2. The van der Waals surface area contributed by atoms with Crippen LogP contribution in [0, 0.1) is 6.92 Å². The normalized spacial score (nSPS) is 24.9. The van der Waals surface area contributed by atoms with Crippen LogP contribution in [0.1, 0.15) is 29.8 Å². The van der Waals surface area contributed by atoms with E-state index in [1.165, 1.54) is 4.90 Å². The highest BCUT2D eigenvalue weighted by Gasteiger charge is 2.47. The van der Waals surface area contributed by atoms with E-state index >= 15 is 0 Å². The van der Waals surface area contributed by atoms with Crippen LogP contribution in [0.5, 0.6) is 5.75 Å². The lowest BCUT2D eigenvalue weighted by atomic mass is 9.92. The van der Waals surface area contributed by atoms with Gasteiger partial charge in [-0.2, -0.15) is 0 Å². The first kappa shape index (κ1) is 12.0. The second-order valence-electron chi connectivity index (χ2n) is 5.04. The largest absolute Gasteiger partial charge is 0.496 e. The molecule has 19 heavy (non-hydrogen) atoms. The van der Waals surface area contributed by atoms with Gasteiger partial charge >= 0.3 is 11.9 Å². The highest BCUT2D eigenvalue weighted by atomic mass is 16.6. The number of ether oxygens (including phenoxy) is 2. The summed E-state index contributed by atoms with van der Waals surface area (Å²) in [6.45, 7) is 3.85. The maximum absolute atomic E-state index is 11.8. The number of carbonyl (C=O) groups is 2. The number of fused-ring (bicyclic) bond motifs is 3. The van der Waals surface area contributed by atoms with Crippen molar-refractivity contribution in [1.29, 1.82) is 0 Å². The number of benzene rings is 1. The van der Waals surface area contributed by atoms with Crippen molar-refractivity contribution in [2.24, 2.45) is 0 Å². The Kier molecular flexibility index (Phi) is 2.52. The molecule has 0 aliphatic carbocycles. The molecule has 1 fully saturated rings. The molecule has 0 N–H and O–H groups in total. The van der Waals surface area contributed by atoms with Gasteiger partial charge < -0.3 is 9.47 Å². The maximum Gasteiger partial charge on any atom is 0.399 e. The second-order valence-corrected chi connectivity index (χ2v) is 5.04. The molecule has 0 spiro atoms. The van der Waals surface area contributed by atoms with Gasteiger partial charge in [0.15, 0.2) is 0 Å². The van der Waals surface area contributed by atoms with E-state index < -0.39 is 18.1 Å². The Hall–Kier alpha value is -2.04. The minimum Gasteiger partial charge on any atom is -0.496 e. The van der Waals surface area contributed by atoms with Gasteiger partial charge in [-0.05, 0) is 43.5 Å². The van der Waals surface area contributed by atoms with Crippen molar-refractivity contribution in [3.63, 3.8) is 0 Å². The molecule has 1 amide bonds. The van der Waals surface area contributed by atoms with Crippen molar-refractivity contribution >= 4 is 11.9 Å². The quantitative estimate of drug-likeness (QED) is 0.565. The Labute approximate surface area is 111 Å². The zero-order valence-electron chi connectivity index (χ0n) is 11.1. The molecule has 100 valence electrons. The number of carbonyl (C=O) groups excluding carboxylic acids is 2. The van der Waals surface area contributed by atoms with Crippen LogP contribution in [0.25, 0.3) is 0 Å². The molecular formula is C14H15NO4. The van der Waals surface area contributed by atoms with Gasteiger partial charge in [0.25, 0.3) is 0 Å². The van der Waals surface area contributed by atoms with Crippen molar-refractivity contribution in [3.05, 3.63) is 28.8 Å². The van der Waals surface area contributed by atoms with Crippen LogP contribution in [0.15, 0.2) is 12.1 Å². The molecule has 5 heteroatoms. The Bertz CT molecular complexity index is 581. The van der Waals surface area contributed by atoms with Crippen LogP contribution in [-0.4, -0.2) is 29.9 Å². The fourth-order valence-corrected chi connectivity index (χ4v) is 2.86. The molecule has 0 bridgehead atoms. The topological polar surface area (TPSA) is 55.8 Å². The summed E-state index contributed by atoms with van der Waals surface area (Å²) in [6, 6.07) is 3.85. The number of hydrogen-bond acceptors (Lipinski definition) is 4. The summed E-state index contributed by atoms with van der Waals surface area (Å²) in [5, 5.41) is 0. The van der Waals surface area contributed by atoms with Crippen molar-refractivity contribution in [2.45, 2.75) is 32.5 Å². The molecule has 0 saturated carbocycles. The van der Waals surface area contributed by atoms with Crippen molar-refractivity contribution in [2.75, 3.05) is 7.11 Å². The lowest BCUT2D eigenvalue weighted by molar-refractivity contribution is -0.149. The van der Waals surface area contributed by atoms with E-state index in [2.05, 4.69) is 0 Å². The Morgan fingerprint density at radius 2 is 2.11 bits per heavy atom. The van der Waals surface area contributed by atoms with Crippen LogP contribution in [0.3, 0.4) is 0 Å². The number of nitrogens with zero attached hydrogens (tertiary/aromatic N) is 1. The molecule has 2 heterocycles. The van der Waals surface area contributed by atoms with E-state index in [0.717, 1.165) is 22.4 Å². The van der Waals surface area contributed by atoms with Crippen LogP contribution >= 0.6 is 0 Å². The van der Waals surface area contributed by atoms with Gasteiger partial charge in [0, 0.05) is 11.6 Å². The molecular weight excluding hydrogens is 246 g/mol. The molecule has 2 aliphatic rings. The van der Waals surface area contributed by atoms with E-state index in [-0.39, 0.29) is 6.04 Å². The molecule has 1 saturated heterocycles. The fraction of sp³-hybridized carbons (Fsp3) is 0.429. The summed E-state index contributed by atoms with van der Waals surface area (Å²) in [6.07, 6.45) is 0.119. The van der Waals surface area contributed by atoms with Gasteiger partial charge in [0.1, 0.15) is 5.75 Å². The Balaban J connectivity index is 2.12. The lowest BCUT2D eigenvalue weighted by Crippen LogP contribution is -2.42. The Morgan fingerprint density at radius 1 is 1.37 bits per heavy atom. The number of esters is 1. The highest BCUT2D eigenvalue weighted by Crippen LogP contribution is 2.40. The summed E-state index contributed by atoms with van der Waals surface area (Å²) < 4.78 is 10.5. The third-order valence-corrected chi connectivity index (χ3v) is 3.79. The summed E-state index contributed by atoms with van der Waals surface area (Å²) >= 11 is 0. The number of aryl methyl sites for hydroxylation is 1. The molecule has 0 radical (unpaired) electrons. The first-order chi connectivity index (χ1) is 9.02. The third-order valence-electron chi connectivity index (χ3n) is 3.79. The van der Waals surface area contributed by atoms with E-state index in [1.807, 2.05) is 26.0 Å². The zero-order valence-corrected chi connectivity index (χ0v) is 11.1. The summed E-state index contributed by atoms with van der Waals surface area (Å²) in [5.41, 5.74) is 2.92. The van der Waals surface area contributed by atoms with E-state index in [9.17, 15) is 9.59 Å². The van der Waals surface area contributed by atoms with E-state index in [0.29, 0.717) is 6.42 Å². The van der Waals surface area contributed by atoms with Gasteiger partial charge in [-0.3, -0.25) is 9.69 Å². The number of amides is 1. The molecule has 5 nitrogen and oxygen atoms in total. The second kappa shape index (κ2) is 3.98. The maximum atomic E-state index is 11.8. The minimum absolute atomic E-state index is 0.0520. The smallest absolute Gasteiger partial charge is 0.399 e. The fourth-order valence-electron chi connectivity index (χ4n) is 2.86. The predicted octanol–water partition coefficient (Wildman–Crippen LogP) is 1.33. The zero-order chi connectivity index (χ0) is 13.7. The monoisotopic (exact) mass is 261 g/mol. The van der Waals surface area contributed by atoms with Gasteiger partial charge in [-0.15, -0.1) is 0 Å². The van der Waals surface area contributed by atoms with Crippen molar-refractivity contribution < 1.29 is 19.1 Å². The van der Waals surface area contributed by atoms with Crippen LogP contribution in [0.2, 0.25) is 0 Å². The first-order valence-electron chi connectivity index (χ1n) is 6.23. The molecule has 2 atom stereocenters. The van der Waals surface area contributed by atoms with Gasteiger partial charge in [0.2, 0.25) is 6.23 Å². The summed E-state index contributed by atoms with van der Waals surface area (Å²) in [4.78, 5) is 24.8. The molecule has 1 aromatic rings. The molecule has 0 unspecified atom stereocenters. The van der Waals surface area contributed by atoms with Gasteiger partial charge in [-0.1, -0.05) is 0 Å². The van der Waals surface area contributed by atoms with E-state index in [4.69, 9.17) is 9.47 Å². The molecule has 2 aliphatic heterocycles. The average Bonchev–Trinajstić information content (AvgIpc) is 2.67. The Morgan fingerprint density at radius 3 is 2.79 bits per heavy atom. The third kappa shape index (κ3) is 1.61. The van der Waals surface area contributed by atoms with Crippen LogP contribution in [-0.2, 0) is 20.7 Å². The minimum atomic E-state index is -0.766. The van der Waals surface area contributed by atoms with E-state index in [1.54, 1.807) is 7.11 Å². The van der Waals surface area contributed by atoms with Crippen LogP contribution in [0.4, 0.5) is 0 Å². The standard InChI is InChI=1S/C14H15NO4/c1-7-4-10-9(6-11(7)18-3)5-8(2)15-12(16)14(17)19-13(10)15/h4,6,8,13H,5H2,1-3H3/t8-,13-/m0/s1. The number of hydrogen-bond donors (Lipinski definition) is 0. The summed E-state index contributed by atoms with van der Waals surface area (Å²) in [5.74, 6) is -0.496. The predicted molar refractivity (Wildman–Crippen MR) is 66.6 cm³/mol.